The first-order chi connectivity index (χ1) is 7.73. The molecule has 0 amide bonds. The number of unbranched alkanes of at least 4 members (excludes halogenated alkanes) is 3. The van der Waals surface area contributed by atoms with E-state index in [0.717, 1.165) is 19.4 Å². The standard InChI is InChI=1S/C14H25NO/c1-3-5-6-9-12-16-14(15)11-8-7-10-13(14)4-2/h7-8,10-11,13H,3-6,9,12,15H2,1-2H3. The van der Waals surface area contributed by atoms with Crippen molar-refractivity contribution in [2.75, 3.05) is 6.61 Å². The van der Waals surface area contributed by atoms with Crippen LogP contribution in [0.5, 0.6) is 0 Å². The maximum atomic E-state index is 6.27. The van der Waals surface area contributed by atoms with Gasteiger partial charge in [-0.15, -0.1) is 0 Å². The molecule has 2 nitrogen and oxygen atoms in total. The highest BCUT2D eigenvalue weighted by molar-refractivity contribution is 5.20. The van der Waals surface area contributed by atoms with Gasteiger partial charge in [-0.1, -0.05) is 51.3 Å². The van der Waals surface area contributed by atoms with Crippen LogP contribution in [-0.4, -0.2) is 12.3 Å². The van der Waals surface area contributed by atoms with Gasteiger partial charge in [0.05, 0.1) is 0 Å². The second-order valence-corrected chi connectivity index (χ2v) is 4.52. The maximum absolute atomic E-state index is 6.27. The van der Waals surface area contributed by atoms with Gasteiger partial charge in [0.2, 0.25) is 0 Å². The minimum absolute atomic E-state index is 0.309. The normalized spacial score (nSPS) is 28.6. The van der Waals surface area contributed by atoms with Gasteiger partial charge in [0.25, 0.3) is 0 Å². The van der Waals surface area contributed by atoms with Gasteiger partial charge in [0.1, 0.15) is 5.72 Å². The molecule has 1 aliphatic carbocycles. The van der Waals surface area contributed by atoms with E-state index in [1.165, 1.54) is 19.3 Å². The Bertz CT molecular complexity index is 247. The van der Waals surface area contributed by atoms with E-state index in [2.05, 4.69) is 26.0 Å². The van der Waals surface area contributed by atoms with Gasteiger partial charge in [-0.25, -0.2) is 0 Å². The van der Waals surface area contributed by atoms with Crippen LogP contribution in [-0.2, 0) is 4.74 Å². The van der Waals surface area contributed by atoms with Gasteiger partial charge < -0.3 is 4.74 Å². The minimum atomic E-state index is -0.574. The smallest absolute Gasteiger partial charge is 0.142 e. The van der Waals surface area contributed by atoms with Gasteiger partial charge in [-0.05, 0) is 18.9 Å². The molecule has 0 fully saturated rings. The summed E-state index contributed by atoms with van der Waals surface area (Å²) in [5.41, 5.74) is 5.69. The first-order valence-corrected chi connectivity index (χ1v) is 6.51. The van der Waals surface area contributed by atoms with Crippen molar-refractivity contribution in [2.45, 2.75) is 51.7 Å². The van der Waals surface area contributed by atoms with Crippen molar-refractivity contribution >= 4 is 0 Å². The predicted octanol–water partition coefficient (Wildman–Crippen LogP) is 3.39. The maximum Gasteiger partial charge on any atom is 0.142 e. The van der Waals surface area contributed by atoms with Crippen LogP contribution < -0.4 is 5.73 Å². The van der Waals surface area contributed by atoms with Crippen LogP contribution in [0.3, 0.4) is 0 Å². The monoisotopic (exact) mass is 223 g/mol. The molecule has 2 atom stereocenters. The summed E-state index contributed by atoms with van der Waals surface area (Å²) in [7, 11) is 0. The Morgan fingerprint density at radius 3 is 2.69 bits per heavy atom. The average molecular weight is 223 g/mol. The molecule has 1 aliphatic rings. The van der Waals surface area contributed by atoms with E-state index in [1.807, 2.05) is 12.2 Å². The molecule has 0 aromatic heterocycles. The zero-order valence-corrected chi connectivity index (χ0v) is 10.6. The molecule has 0 aromatic rings. The first kappa shape index (κ1) is 13.5. The lowest BCUT2D eigenvalue weighted by molar-refractivity contribution is -0.0369. The van der Waals surface area contributed by atoms with Crippen LogP contribution in [0.15, 0.2) is 24.3 Å². The highest BCUT2D eigenvalue weighted by Crippen LogP contribution is 2.26. The Kier molecular flexibility index (Phi) is 5.78. The van der Waals surface area contributed by atoms with Crippen molar-refractivity contribution in [3.63, 3.8) is 0 Å². The van der Waals surface area contributed by atoms with E-state index in [-0.39, 0.29) is 0 Å². The summed E-state index contributed by atoms with van der Waals surface area (Å²) in [5.74, 6) is 0.309. The number of ether oxygens (including phenoxy) is 1. The zero-order chi connectivity index (χ0) is 11.9. The Labute approximate surface area is 99.6 Å². The van der Waals surface area contributed by atoms with Crippen molar-refractivity contribution in [3.8, 4) is 0 Å². The van der Waals surface area contributed by atoms with E-state index < -0.39 is 5.72 Å². The molecule has 0 aromatic carbocycles. The van der Waals surface area contributed by atoms with Crippen LogP contribution in [0.1, 0.15) is 46.0 Å². The van der Waals surface area contributed by atoms with Crippen molar-refractivity contribution in [2.24, 2.45) is 11.7 Å². The molecule has 0 aliphatic heterocycles. The molecule has 2 N–H and O–H groups in total. The third-order valence-corrected chi connectivity index (χ3v) is 3.18. The van der Waals surface area contributed by atoms with E-state index in [9.17, 15) is 0 Å². The Hall–Kier alpha value is -0.600. The molecule has 0 saturated carbocycles. The van der Waals surface area contributed by atoms with Crippen molar-refractivity contribution in [3.05, 3.63) is 24.3 Å². The van der Waals surface area contributed by atoms with Gasteiger partial charge in [-0.2, -0.15) is 0 Å². The highest BCUT2D eigenvalue weighted by Gasteiger charge is 2.31. The predicted molar refractivity (Wildman–Crippen MR) is 69.1 cm³/mol. The SMILES string of the molecule is CCCCCCOC1(N)C=CC=CC1CC. The summed E-state index contributed by atoms with van der Waals surface area (Å²) in [6, 6.07) is 0. The fourth-order valence-corrected chi connectivity index (χ4v) is 2.07. The number of hydrogen-bond donors (Lipinski definition) is 1. The second kappa shape index (κ2) is 6.87. The Morgan fingerprint density at radius 2 is 2.00 bits per heavy atom. The van der Waals surface area contributed by atoms with Crippen molar-refractivity contribution in [1.29, 1.82) is 0 Å². The fourth-order valence-electron chi connectivity index (χ4n) is 2.07. The number of allylic oxidation sites excluding steroid dienone is 2. The molecule has 92 valence electrons. The van der Waals surface area contributed by atoms with Gasteiger partial charge >= 0.3 is 0 Å². The number of rotatable bonds is 7. The lowest BCUT2D eigenvalue weighted by Crippen LogP contribution is -2.48. The Morgan fingerprint density at radius 1 is 1.19 bits per heavy atom. The largest absolute Gasteiger partial charge is 0.357 e. The van der Waals surface area contributed by atoms with Crippen LogP contribution in [0.4, 0.5) is 0 Å². The lowest BCUT2D eigenvalue weighted by atomic mass is 9.89. The molecule has 2 unspecified atom stereocenters. The highest BCUT2D eigenvalue weighted by atomic mass is 16.5. The summed E-state index contributed by atoms with van der Waals surface area (Å²) in [6.07, 6.45) is 14.1. The Balaban J connectivity index is 2.32. The molecule has 0 radical (unpaired) electrons. The molecule has 2 heteroatoms. The summed E-state index contributed by atoms with van der Waals surface area (Å²) >= 11 is 0. The van der Waals surface area contributed by atoms with Gasteiger partial charge in [0, 0.05) is 12.5 Å². The van der Waals surface area contributed by atoms with Crippen LogP contribution >= 0.6 is 0 Å². The molecular formula is C14H25NO. The topological polar surface area (TPSA) is 35.2 Å². The molecule has 0 spiro atoms. The zero-order valence-electron chi connectivity index (χ0n) is 10.6. The molecular weight excluding hydrogens is 198 g/mol. The molecule has 16 heavy (non-hydrogen) atoms. The van der Waals surface area contributed by atoms with Gasteiger partial charge in [-0.3, -0.25) is 5.73 Å². The molecule has 0 bridgehead atoms. The minimum Gasteiger partial charge on any atom is -0.357 e. The quantitative estimate of drug-likeness (QED) is 0.530. The number of hydrogen-bond acceptors (Lipinski definition) is 2. The second-order valence-electron chi connectivity index (χ2n) is 4.52. The summed E-state index contributed by atoms with van der Waals surface area (Å²) in [5, 5.41) is 0. The molecule has 1 rings (SSSR count). The molecule has 0 heterocycles. The van der Waals surface area contributed by atoms with E-state index in [4.69, 9.17) is 10.5 Å². The average Bonchev–Trinajstić information content (AvgIpc) is 2.29. The number of nitrogens with two attached hydrogens (primary N) is 1. The van der Waals surface area contributed by atoms with Crippen LogP contribution in [0.25, 0.3) is 0 Å². The van der Waals surface area contributed by atoms with E-state index in [0.29, 0.717) is 5.92 Å². The van der Waals surface area contributed by atoms with E-state index >= 15 is 0 Å². The van der Waals surface area contributed by atoms with Gasteiger partial charge in [0.15, 0.2) is 0 Å². The third-order valence-electron chi connectivity index (χ3n) is 3.18. The summed E-state index contributed by atoms with van der Waals surface area (Å²) < 4.78 is 5.86. The molecule has 0 saturated heterocycles. The summed E-state index contributed by atoms with van der Waals surface area (Å²) in [6.45, 7) is 5.13. The first-order valence-electron chi connectivity index (χ1n) is 6.51. The fraction of sp³-hybridized carbons (Fsp3) is 0.714. The third kappa shape index (κ3) is 3.76. The van der Waals surface area contributed by atoms with Crippen molar-refractivity contribution in [1.82, 2.24) is 0 Å². The van der Waals surface area contributed by atoms with Crippen LogP contribution in [0.2, 0.25) is 0 Å². The van der Waals surface area contributed by atoms with Crippen LogP contribution in [0, 0.1) is 5.92 Å². The summed E-state index contributed by atoms with van der Waals surface area (Å²) in [4.78, 5) is 0. The lowest BCUT2D eigenvalue weighted by Gasteiger charge is -2.34. The van der Waals surface area contributed by atoms with Crippen molar-refractivity contribution < 1.29 is 4.74 Å². The van der Waals surface area contributed by atoms with E-state index in [1.54, 1.807) is 0 Å².